The number of amides is 1. The highest BCUT2D eigenvalue weighted by atomic mass is 16.4. The number of benzene rings is 1. The number of carbonyl (C=O) groups excluding carboxylic acids is 1. The molecule has 10 nitrogen and oxygen atoms in total. The number of aromatic nitrogens is 6. The minimum atomic E-state index is -0.201. The Hall–Kier alpha value is -4.60. The third-order valence-electron chi connectivity index (χ3n) is 6.03. The van der Waals surface area contributed by atoms with E-state index in [4.69, 9.17) is 8.83 Å². The molecule has 4 aromatic heterocycles. The van der Waals surface area contributed by atoms with Gasteiger partial charge in [-0.15, -0.1) is 10.2 Å². The second kappa shape index (κ2) is 10.2. The average Bonchev–Trinajstić information content (AvgIpc) is 3.66. The van der Waals surface area contributed by atoms with Gasteiger partial charge in [-0.1, -0.05) is 37.3 Å². The molecule has 4 heterocycles. The van der Waals surface area contributed by atoms with Gasteiger partial charge in [-0.05, 0) is 37.1 Å². The van der Waals surface area contributed by atoms with Gasteiger partial charge in [-0.25, -0.2) is 9.97 Å². The summed E-state index contributed by atoms with van der Waals surface area (Å²) in [6, 6.07) is 15.4. The van der Waals surface area contributed by atoms with Gasteiger partial charge in [0.05, 0.1) is 24.1 Å². The maximum absolute atomic E-state index is 13.4. The lowest BCUT2D eigenvalue weighted by Crippen LogP contribution is -2.27. The number of aryl methyl sites for hydroxylation is 2. The summed E-state index contributed by atoms with van der Waals surface area (Å²) in [7, 11) is 3.60. The van der Waals surface area contributed by atoms with Crippen molar-refractivity contribution in [3.63, 3.8) is 0 Å². The van der Waals surface area contributed by atoms with Crippen molar-refractivity contribution in [1.82, 2.24) is 34.8 Å². The first kappa shape index (κ1) is 24.1. The summed E-state index contributed by atoms with van der Waals surface area (Å²) in [5.74, 6) is 0.819. The molecular weight excluding hydrogens is 470 g/mol. The Morgan fingerprint density at radius 3 is 2.51 bits per heavy atom. The molecule has 188 valence electrons. The summed E-state index contributed by atoms with van der Waals surface area (Å²) in [4.78, 5) is 23.9. The van der Waals surface area contributed by atoms with Crippen LogP contribution in [-0.2, 0) is 20.0 Å². The molecule has 5 aromatic rings. The van der Waals surface area contributed by atoms with Crippen molar-refractivity contribution in [1.29, 1.82) is 0 Å². The molecule has 0 saturated carbocycles. The molecule has 1 amide bonds. The zero-order chi connectivity index (χ0) is 25.9. The molecule has 5 rings (SSSR count). The topological polar surface area (TPSA) is 116 Å². The van der Waals surface area contributed by atoms with Crippen LogP contribution in [0, 0.1) is 6.92 Å². The Labute approximate surface area is 214 Å². The normalized spacial score (nSPS) is 12.0. The van der Waals surface area contributed by atoms with E-state index in [9.17, 15) is 4.79 Å². The van der Waals surface area contributed by atoms with Gasteiger partial charge in [0.25, 0.3) is 11.8 Å². The van der Waals surface area contributed by atoms with Crippen LogP contribution in [0.1, 0.15) is 46.0 Å². The predicted octanol–water partition coefficient (Wildman–Crippen LogP) is 4.45. The van der Waals surface area contributed by atoms with Gasteiger partial charge < -0.3 is 13.7 Å². The maximum atomic E-state index is 13.4. The van der Waals surface area contributed by atoms with E-state index < -0.39 is 0 Å². The van der Waals surface area contributed by atoms with Crippen LogP contribution in [0.15, 0.2) is 69.8 Å². The van der Waals surface area contributed by atoms with Gasteiger partial charge in [-0.2, -0.15) is 5.10 Å². The molecule has 0 aliphatic rings. The molecule has 0 aliphatic heterocycles. The van der Waals surface area contributed by atoms with Gasteiger partial charge in [0.2, 0.25) is 11.8 Å². The van der Waals surface area contributed by atoms with Gasteiger partial charge in [-0.3, -0.25) is 9.48 Å². The van der Waals surface area contributed by atoms with E-state index in [1.165, 1.54) is 18.0 Å². The smallest absolute Gasteiger partial charge is 0.266 e. The fourth-order valence-corrected chi connectivity index (χ4v) is 4.16. The Bertz CT molecular complexity index is 1510. The minimum absolute atomic E-state index is 0.00756. The Morgan fingerprint density at radius 2 is 1.84 bits per heavy atom. The standard InChI is InChI=1S/C27H27N7O3/c1-17(12-19-8-6-5-7-9-19)24-30-31-26(37-24)23-15-20(14-22(29-23)25-28-10-11-36-25)27(35)33(3)16-21-13-18(2)32-34(21)4/h5-11,13-15,17H,12,16H2,1-4H3/t17-/m0/s1. The SMILES string of the molecule is Cc1cc(CN(C)C(=O)c2cc(-c3ncco3)nc(-c3nnc([C@@H](C)Cc4ccccc4)o3)c2)n(C)n1. The third kappa shape index (κ3) is 5.32. The number of nitrogens with zero attached hydrogens (tertiary/aromatic N) is 7. The highest BCUT2D eigenvalue weighted by molar-refractivity contribution is 5.95. The van der Waals surface area contributed by atoms with Gasteiger partial charge >= 0.3 is 0 Å². The Morgan fingerprint density at radius 1 is 1.08 bits per heavy atom. The fourth-order valence-electron chi connectivity index (χ4n) is 4.16. The molecule has 0 radical (unpaired) electrons. The summed E-state index contributed by atoms with van der Waals surface area (Å²) in [5, 5.41) is 12.9. The van der Waals surface area contributed by atoms with Gasteiger partial charge in [0, 0.05) is 25.6 Å². The lowest BCUT2D eigenvalue weighted by Gasteiger charge is -2.17. The molecule has 0 fully saturated rings. The van der Waals surface area contributed by atoms with E-state index in [0.29, 0.717) is 29.4 Å². The van der Waals surface area contributed by atoms with E-state index in [1.807, 2.05) is 45.2 Å². The summed E-state index contributed by atoms with van der Waals surface area (Å²) in [6.07, 6.45) is 3.74. The molecule has 1 aromatic carbocycles. The van der Waals surface area contributed by atoms with Crippen molar-refractivity contribution in [2.24, 2.45) is 7.05 Å². The molecule has 1 atom stereocenters. The molecule has 0 unspecified atom stereocenters. The van der Waals surface area contributed by atoms with Crippen molar-refractivity contribution in [3.8, 4) is 23.2 Å². The molecule has 0 bridgehead atoms. The first-order valence-electron chi connectivity index (χ1n) is 11.9. The molecule has 0 spiro atoms. The third-order valence-corrected chi connectivity index (χ3v) is 6.03. The van der Waals surface area contributed by atoms with Gasteiger partial charge in [0.1, 0.15) is 17.7 Å². The molecule has 0 N–H and O–H groups in total. The monoisotopic (exact) mass is 497 g/mol. The summed E-state index contributed by atoms with van der Waals surface area (Å²) < 4.78 is 13.2. The molecular formula is C27H27N7O3. The van der Waals surface area contributed by atoms with Crippen LogP contribution < -0.4 is 0 Å². The summed E-state index contributed by atoms with van der Waals surface area (Å²) in [6.45, 7) is 4.34. The second-order valence-electron chi connectivity index (χ2n) is 9.06. The van der Waals surface area contributed by atoms with E-state index in [1.54, 1.807) is 28.8 Å². The van der Waals surface area contributed by atoms with Crippen LogP contribution in [0.2, 0.25) is 0 Å². The Balaban J connectivity index is 1.44. The van der Waals surface area contributed by atoms with Crippen LogP contribution in [0.25, 0.3) is 23.2 Å². The van der Waals surface area contributed by atoms with Crippen LogP contribution >= 0.6 is 0 Å². The van der Waals surface area contributed by atoms with E-state index in [2.05, 4.69) is 37.4 Å². The van der Waals surface area contributed by atoms with E-state index in [-0.39, 0.29) is 23.6 Å². The van der Waals surface area contributed by atoms with Crippen LogP contribution in [-0.4, -0.2) is 47.8 Å². The highest BCUT2D eigenvalue weighted by Gasteiger charge is 2.22. The molecule has 10 heteroatoms. The molecule has 37 heavy (non-hydrogen) atoms. The van der Waals surface area contributed by atoms with E-state index >= 15 is 0 Å². The van der Waals surface area contributed by atoms with Crippen LogP contribution in [0.4, 0.5) is 0 Å². The van der Waals surface area contributed by atoms with E-state index in [0.717, 1.165) is 17.8 Å². The maximum Gasteiger partial charge on any atom is 0.266 e. The number of hydrogen-bond donors (Lipinski definition) is 0. The second-order valence-corrected chi connectivity index (χ2v) is 9.06. The minimum Gasteiger partial charge on any atom is -0.443 e. The van der Waals surface area contributed by atoms with Crippen molar-refractivity contribution in [2.75, 3.05) is 7.05 Å². The fraction of sp³-hybridized carbons (Fsp3) is 0.259. The molecule has 0 aliphatic carbocycles. The zero-order valence-electron chi connectivity index (χ0n) is 21.1. The van der Waals surface area contributed by atoms with Crippen molar-refractivity contribution in [2.45, 2.75) is 32.7 Å². The predicted molar refractivity (Wildman–Crippen MR) is 135 cm³/mol. The lowest BCUT2D eigenvalue weighted by molar-refractivity contribution is 0.0782. The highest BCUT2D eigenvalue weighted by Crippen LogP contribution is 2.27. The van der Waals surface area contributed by atoms with Crippen LogP contribution in [0.3, 0.4) is 0 Å². The first-order chi connectivity index (χ1) is 17.9. The quantitative estimate of drug-likeness (QED) is 0.309. The number of rotatable bonds is 8. The first-order valence-corrected chi connectivity index (χ1v) is 11.9. The molecule has 0 saturated heterocycles. The average molecular weight is 498 g/mol. The summed E-state index contributed by atoms with van der Waals surface area (Å²) >= 11 is 0. The number of carbonyl (C=O) groups is 1. The summed E-state index contributed by atoms with van der Waals surface area (Å²) in [5.41, 5.74) is 4.16. The zero-order valence-corrected chi connectivity index (χ0v) is 21.1. The Kier molecular flexibility index (Phi) is 6.63. The number of pyridine rings is 1. The number of oxazole rings is 1. The van der Waals surface area contributed by atoms with Crippen molar-refractivity contribution >= 4 is 5.91 Å². The van der Waals surface area contributed by atoms with Gasteiger partial charge in [0.15, 0.2) is 0 Å². The largest absolute Gasteiger partial charge is 0.443 e. The lowest BCUT2D eigenvalue weighted by atomic mass is 10.0. The van der Waals surface area contributed by atoms with Crippen molar-refractivity contribution in [3.05, 3.63) is 89.4 Å². The van der Waals surface area contributed by atoms with Crippen LogP contribution in [0.5, 0.6) is 0 Å². The van der Waals surface area contributed by atoms with Crippen molar-refractivity contribution < 1.29 is 13.6 Å². The number of hydrogen-bond acceptors (Lipinski definition) is 8.